The quantitative estimate of drug-likeness (QED) is 0.614. The Balaban J connectivity index is 2.45. The van der Waals surface area contributed by atoms with E-state index in [4.69, 9.17) is 36.1 Å². The first-order chi connectivity index (χ1) is 13.5. The molecule has 0 radical (unpaired) electrons. The molecule has 1 fully saturated rings. The van der Waals surface area contributed by atoms with Crippen molar-refractivity contribution in [2.24, 2.45) is 5.41 Å². The molecule has 2 heterocycles. The summed E-state index contributed by atoms with van der Waals surface area (Å²) in [6.07, 6.45) is -0.632. The van der Waals surface area contributed by atoms with E-state index in [-0.39, 0.29) is 11.2 Å². The van der Waals surface area contributed by atoms with Crippen LogP contribution in [-0.4, -0.2) is 45.5 Å². The largest absolute Gasteiger partial charge is 0.383 e. The van der Waals surface area contributed by atoms with Gasteiger partial charge in [-0.3, -0.25) is 9.09 Å². The standard InChI is InChI=1S/C19H34N3O6PS/c1-11-10-22(17(23)21-15(11)20)16-14(25-8)13(12(26-16)9-18(2,3)4)27-29(24,30)28-19(5,6)7/h10,12-14,16H,9H2,1-8H3,(H,24,30)(H2,20,21,23)/t12-,13-,14-,16-,29?/m1/s1. The van der Waals surface area contributed by atoms with Gasteiger partial charge in [-0.15, -0.1) is 0 Å². The van der Waals surface area contributed by atoms with E-state index in [1.54, 1.807) is 33.9 Å². The Bertz CT molecular complexity index is 863. The Kier molecular flexibility index (Phi) is 7.56. The van der Waals surface area contributed by atoms with Crippen LogP contribution in [0.5, 0.6) is 0 Å². The van der Waals surface area contributed by atoms with Gasteiger partial charge in [0.05, 0.1) is 11.7 Å². The number of aryl methyl sites for hydroxylation is 1. The smallest absolute Gasteiger partial charge is 0.351 e. The van der Waals surface area contributed by atoms with Crippen molar-refractivity contribution in [3.63, 3.8) is 0 Å². The molecule has 1 aliphatic rings. The maximum absolute atomic E-state index is 12.5. The predicted molar refractivity (Wildman–Crippen MR) is 119 cm³/mol. The van der Waals surface area contributed by atoms with E-state index in [2.05, 4.69) is 25.8 Å². The molecule has 1 aromatic rings. The molecule has 3 N–H and O–H groups in total. The number of methoxy groups -OCH3 is 1. The van der Waals surface area contributed by atoms with Crippen molar-refractivity contribution in [3.05, 3.63) is 22.2 Å². The summed E-state index contributed by atoms with van der Waals surface area (Å²) in [5.74, 6) is 0.159. The van der Waals surface area contributed by atoms with E-state index < -0.39 is 42.5 Å². The fraction of sp³-hybridized carbons (Fsp3) is 0.789. The molecule has 1 unspecified atom stereocenters. The number of nitrogens with zero attached hydrogens (tertiary/aromatic N) is 2. The van der Waals surface area contributed by atoms with Crippen molar-refractivity contribution in [2.75, 3.05) is 12.8 Å². The lowest BCUT2D eigenvalue weighted by atomic mass is 9.87. The highest BCUT2D eigenvalue weighted by Crippen LogP contribution is 2.52. The van der Waals surface area contributed by atoms with Gasteiger partial charge in [-0.05, 0) is 51.3 Å². The lowest BCUT2D eigenvalue weighted by molar-refractivity contribution is -0.0593. The monoisotopic (exact) mass is 463 g/mol. The second-order valence-electron chi connectivity index (χ2n) is 9.77. The first-order valence-corrected chi connectivity index (χ1v) is 12.4. The summed E-state index contributed by atoms with van der Waals surface area (Å²) < 4.78 is 24.8. The molecule has 1 aliphatic heterocycles. The summed E-state index contributed by atoms with van der Waals surface area (Å²) in [4.78, 5) is 27.1. The van der Waals surface area contributed by atoms with E-state index in [1.165, 1.54) is 11.7 Å². The van der Waals surface area contributed by atoms with Gasteiger partial charge in [0.2, 0.25) is 0 Å². The predicted octanol–water partition coefficient (Wildman–Crippen LogP) is 2.90. The van der Waals surface area contributed by atoms with E-state index in [0.29, 0.717) is 12.0 Å². The van der Waals surface area contributed by atoms with Crippen LogP contribution >= 0.6 is 6.72 Å². The normalized spacial score (nSPS) is 27.2. The van der Waals surface area contributed by atoms with Crippen LogP contribution < -0.4 is 11.4 Å². The van der Waals surface area contributed by atoms with Gasteiger partial charge in [0.25, 0.3) is 0 Å². The fourth-order valence-electron chi connectivity index (χ4n) is 3.36. The van der Waals surface area contributed by atoms with Gasteiger partial charge >= 0.3 is 12.4 Å². The van der Waals surface area contributed by atoms with Crippen molar-refractivity contribution >= 4 is 24.3 Å². The number of nitrogens with two attached hydrogens (primary N) is 1. The fourth-order valence-corrected chi connectivity index (χ4v) is 5.63. The average molecular weight is 464 g/mol. The van der Waals surface area contributed by atoms with Crippen LogP contribution in [0.3, 0.4) is 0 Å². The van der Waals surface area contributed by atoms with Crippen LogP contribution in [0.1, 0.15) is 59.8 Å². The van der Waals surface area contributed by atoms with E-state index in [1.807, 2.05) is 0 Å². The summed E-state index contributed by atoms with van der Waals surface area (Å²) in [6, 6.07) is 0. The second kappa shape index (κ2) is 8.94. The summed E-state index contributed by atoms with van der Waals surface area (Å²) in [5, 5.41) is 0. The van der Waals surface area contributed by atoms with Crippen molar-refractivity contribution in [3.8, 4) is 0 Å². The van der Waals surface area contributed by atoms with E-state index in [0.717, 1.165) is 0 Å². The number of anilines is 1. The SMILES string of the molecule is CO[C@@H]1[C@H](OP(O)(=S)OC(C)(C)C)[C@@H](CC(C)(C)C)O[C@H]1n1cc(C)c(N)nc1=O. The summed E-state index contributed by atoms with van der Waals surface area (Å²) in [6.45, 7) is 9.66. The molecule has 30 heavy (non-hydrogen) atoms. The minimum absolute atomic E-state index is 0.122. The van der Waals surface area contributed by atoms with Gasteiger partial charge < -0.3 is 24.6 Å². The van der Waals surface area contributed by atoms with E-state index >= 15 is 0 Å². The van der Waals surface area contributed by atoms with Crippen molar-refractivity contribution in [1.82, 2.24) is 9.55 Å². The van der Waals surface area contributed by atoms with Crippen LogP contribution in [0.15, 0.2) is 11.0 Å². The third-order valence-corrected chi connectivity index (χ3v) is 6.23. The van der Waals surface area contributed by atoms with Gasteiger partial charge in [0.1, 0.15) is 18.0 Å². The molecule has 172 valence electrons. The van der Waals surface area contributed by atoms with Crippen LogP contribution in [0.25, 0.3) is 0 Å². The Labute approximate surface area is 183 Å². The molecule has 0 aliphatic carbocycles. The van der Waals surface area contributed by atoms with Crippen LogP contribution in [0, 0.1) is 12.3 Å². The van der Waals surface area contributed by atoms with Crippen LogP contribution in [-0.2, 0) is 30.3 Å². The number of nitrogen functional groups attached to an aromatic ring is 1. The molecule has 9 nitrogen and oxygen atoms in total. The highest BCUT2D eigenvalue weighted by molar-refractivity contribution is 8.07. The van der Waals surface area contributed by atoms with Crippen molar-refractivity contribution in [1.29, 1.82) is 0 Å². The molecule has 2 rings (SSSR count). The molecule has 5 atom stereocenters. The van der Waals surface area contributed by atoms with Crippen molar-refractivity contribution in [2.45, 2.75) is 85.0 Å². The van der Waals surface area contributed by atoms with Crippen molar-refractivity contribution < 1.29 is 23.4 Å². The molecule has 0 amide bonds. The molecule has 1 aromatic heterocycles. The topological polar surface area (TPSA) is 118 Å². The Morgan fingerprint density at radius 2 is 1.90 bits per heavy atom. The average Bonchev–Trinajstić information content (AvgIpc) is 2.83. The number of rotatable bonds is 6. The first kappa shape index (κ1) is 25.4. The third kappa shape index (κ3) is 6.56. The Hall–Kier alpha value is -0.870. The number of hydrogen-bond acceptors (Lipinski definition) is 8. The van der Waals surface area contributed by atoms with E-state index in [9.17, 15) is 9.69 Å². The summed E-state index contributed by atoms with van der Waals surface area (Å²) in [7, 11) is 1.49. The molecule has 11 heteroatoms. The number of hydrogen-bond donors (Lipinski definition) is 2. The zero-order valence-corrected chi connectivity index (χ0v) is 20.6. The first-order valence-electron chi connectivity index (χ1n) is 9.78. The van der Waals surface area contributed by atoms with Gasteiger partial charge in [0.15, 0.2) is 6.23 Å². The van der Waals surface area contributed by atoms with Gasteiger partial charge in [-0.2, -0.15) is 4.98 Å². The summed E-state index contributed by atoms with van der Waals surface area (Å²) >= 11 is 5.26. The Morgan fingerprint density at radius 3 is 2.40 bits per heavy atom. The molecule has 0 bridgehead atoms. The Morgan fingerprint density at radius 1 is 1.30 bits per heavy atom. The molecule has 1 saturated heterocycles. The minimum atomic E-state index is -3.61. The molecule has 0 saturated carbocycles. The maximum Gasteiger partial charge on any atom is 0.351 e. The zero-order chi connectivity index (χ0) is 23.1. The highest BCUT2D eigenvalue weighted by Gasteiger charge is 2.50. The van der Waals surface area contributed by atoms with Gasteiger partial charge in [0, 0.05) is 18.9 Å². The second-order valence-corrected chi connectivity index (χ2v) is 12.5. The van der Waals surface area contributed by atoms with Gasteiger partial charge in [-0.1, -0.05) is 20.8 Å². The maximum atomic E-state index is 12.5. The number of ether oxygens (including phenoxy) is 2. The van der Waals surface area contributed by atoms with Gasteiger partial charge in [-0.25, -0.2) is 4.79 Å². The van der Waals surface area contributed by atoms with Crippen LogP contribution in [0.2, 0.25) is 0 Å². The zero-order valence-electron chi connectivity index (χ0n) is 18.9. The molecule has 0 spiro atoms. The minimum Gasteiger partial charge on any atom is -0.383 e. The lowest BCUT2D eigenvalue weighted by Crippen LogP contribution is -2.39. The molecule has 0 aromatic carbocycles. The third-order valence-electron chi connectivity index (χ3n) is 4.46. The molecular formula is C19H34N3O6PS. The summed E-state index contributed by atoms with van der Waals surface area (Å²) in [5.41, 5.74) is 5.01. The lowest BCUT2D eigenvalue weighted by Gasteiger charge is -2.32. The number of aromatic nitrogens is 2. The highest BCUT2D eigenvalue weighted by atomic mass is 32.5. The van der Waals surface area contributed by atoms with Crippen LogP contribution in [0.4, 0.5) is 5.82 Å². The molecular weight excluding hydrogens is 429 g/mol.